The van der Waals surface area contributed by atoms with Crippen LogP contribution in [0.5, 0.6) is 0 Å². The summed E-state index contributed by atoms with van der Waals surface area (Å²) in [6.45, 7) is 14.6. The fourth-order valence-corrected chi connectivity index (χ4v) is 3.03. The number of hydrogen-bond acceptors (Lipinski definition) is 0. The molecule has 0 fully saturated rings. The molecular formula is C26H31N. The van der Waals surface area contributed by atoms with Gasteiger partial charge in [-0.05, 0) is 66.7 Å². The molecule has 1 aromatic carbocycles. The van der Waals surface area contributed by atoms with E-state index in [4.69, 9.17) is 0 Å². The minimum atomic E-state index is 0.969. The van der Waals surface area contributed by atoms with E-state index in [9.17, 15) is 0 Å². The van der Waals surface area contributed by atoms with Crippen molar-refractivity contribution >= 4 is 17.7 Å². The summed E-state index contributed by atoms with van der Waals surface area (Å²) in [7, 11) is 0. The van der Waals surface area contributed by atoms with Crippen molar-refractivity contribution in [3.63, 3.8) is 0 Å². The number of benzene rings is 1. The zero-order valence-electron chi connectivity index (χ0n) is 16.9. The fourth-order valence-electron chi connectivity index (χ4n) is 3.03. The Kier molecular flexibility index (Phi) is 7.88. The standard InChI is InChI=1S/C26H31N/c1-6-9-15-25-22(8-3)19-26(27-25)24(12-7-2)18-20(4)16-17-23-14-11-10-13-21(23)5/h7-8,10-14,16-19,27H,3-4,6,9,15H2,1-2,5H3/b12-7-,17-16+,24-18+. The van der Waals surface area contributed by atoms with E-state index in [2.05, 4.69) is 92.7 Å². The summed E-state index contributed by atoms with van der Waals surface area (Å²) in [6.07, 6.45) is 15.8. The van der Waals surface area contributed by atoms with Gasteiger partial charge in [0.1, 0.15) is 0 Å². The molecule has 1 heterocycles. The van der Waals surface area contributed by atoms with E-state index in [1.165, 1.54) is 35.2 Å². The van der Waals surface area contributed by atoms with Gasteiger partial charge in [-0.15, -0.1) is 0 Å². The molecule has 0 saturated carbocycles. The number of nitrogens with one attached hydrogen (secondary N) is 1. The minimum absolute atomic E-state index is 0.969. The Labute approximate surface area is 164 Å². The van der Waals surface area contributed by atoms with Gasteiger partial charge in [-0.25, -0.2) is 0 Å². The second-order valence-corrected chi connectivity index (χ2v) is 6.79. The van der Waals surface area contributed by atoms with Crippen molar-refractivity contribution < 1.29 is 0 Å². The van der Waals surface area contributed by atoms with Crippen LogP contribution in [0.25, 0.3) is 17.7 Å². The maximum Gasteiger partial charge on any atom is 0.0462 e. The van der Waals surface area contributed by atoms with Crippen molar-refractivity contribution in [2.75, 3.05) is 0 Å². The molecule has 0 spiro atoms. The lowest BCUT2D eigenvalue weighted by atomic mass is 10.0. The zero-order chi connectivity index (χ0) is 19.6. The normalized spacial score (nSPS) is 12.2. The van der Waals surface area contributed by atoms with Crippen LogP contribution in [0.4, 0.5) is 0 Å². The van der Waals surface area contributed by atoms with Crippen LogP contribution in [0.15, 0.2) is 73.4 Å². The highest BCUT2D eigenvalue weighted by Crippen LogP contribution is 2.23. The van der Waals surface area contributed by atoms with Gasteiger partial charge >= 0.3 is 0 Å². The van der Waals surface area contributed by atoms with E-state index < -0.39 is 0 Å². The monoisotopic (exact) mass is 357 g/mol. The van der Waals surface area contributed by atoms with Crippen LogP contribution in [0.1, 0.15) is 54.8 Å². The molecule has 0 bridgehead atoms. The van der Waals surface area contributed by atoms with Crippen LogP contribution >= 0.6 is 0 Å². The minimum Gasteiger partial charge on any atom is -0.358 e. The quantitative estimate of drug-likeness (QED) is 0.446. The van der Waals surface area contributed by atoms with Crippen LogP contribution < -0.4 is 0 Å². The van der Waals surface area contributed by atoms with Crippen LogP contribution in [-0.4, -0.2) is 4.98 Å². The highest BCUT2D eigenvalue weighted by atomic mass is 14.7. The van der Waals surface area contributed by atoms with E-state index in [0.29, 0.717) is 0 Å². The van der Waals surface area contributed by atoms with Crippen LogP contribution in [0, 0.1) is 6.92 Å². The molecule has 0 atom stereocenters. The second kappa shape index (κ2) is 10.4. The maximum absolute atomic E-state index is 4.21. The zero-order valence-corrected chi connectivity index (χ0v) is 16.9. The first-order valence-electron chi connectivity index (χ1n) is 9.70. The number of aromatic nitrogens is 1. The number of hydrogen-bond donors (Lipinski definition) is 1. The largest absolute Gasteiger partial charge is 0.358 e. The molecule has 2 rings (SSSR count). The van der Waals surface area contributed by atoms with Crippen LogP contribution in [0.3, 0.4) is 0 Å². The number of allylic oxidation sites excluding steroid dienone is 6. The van der Waals surface area contributed by atoms with E-state index in [1.54, 1.807) is 0 Å². The van der Waals surface area contributed by atoms with Gasteiger partial charge in [0.15, 0.2) is 0 Å². The van der Waals surface area contributed by atoms with Crippen molar-refractivity contribution in [1.82, 2.24) is 4.98 Å². The average molecular weight is 358 g/mol. The summed E-state index contributed by atoms with van der Waals surface area (Å²) in [5.74, 6) is 0. The first-order valence-corrected chi connectivity index (χ1v) is 9.70. The topological polar surface area (TPSA) is 15.8 Å². The average Bonchev–Trinajstić information content (AvgIpc) is 3.08. The van der Waals surface area contributed by atoms with Crippen molar-refractivity contribution in [3.05, 3.63) is 101 Å². The van der Waals surface area contributed by atoms with E-state index in [-0.39, 0.29) is 0 Å². The molecule has 27 heavy (non-hydrogen) atoms. The van der Waals surface area contributed by atoms with Crippen molar-refractivity contribution in [2.24, 2.45) is 0 Å². The lowest BCUT2D eigenvalue weighted by Crippen LogP contribution is -1.89. The van der Waals surface area contributed by atoms with Gasteiger partial charge in [-0.1, -0.05) is 81.1 Å². The molecule has 0 saturated heterocycles. The molecule has 1 heteroatoms. The summed E-state index contributed by atoms with van der Waals surface area (Å²) in [5, 5.41) is 0. The third-order valence-electron chi connectivity index (χ3n) is 4.60. The summed E-state index contributed by atoms with van der Waals surface area (Å²) in [4.78, 5) is 3.58. The predicted molar refractivity (Wildman–Crippen MR) is 122 cm³/mol. The number of aryl methyl sites for hydroxylation is 2. The summed E-state index contributed by atoms with van der Waals surface area (Å²) in [6, 6.07) is 10.5. The molecule has 0 amide bonds. The third-order valence-corrected chi connectivity index (χ3v) is 4.60. The molecule has 140 valence electrons. The van der Waals surface area contributed by atoms with E-state index >= 15 is 0 Å². The predicted octanol–water partition coefficient (Wildman–Crippen LogP) is 7.54. The molecule has 1 N–H and O–H groups in total. The number of rotatable bonds is 9. The second-order valence-electron chi connectivity index (χ2n) is 6.79. The van der Waals surface area contributed by atoms with Gasteiger partial charge in [-0.2, -0.15) is 0 Å². The maximum atomic E-state index is 4.21. The highest BCUT2D eigenvalue weighted by Gasteiger charge is 2.08. The van der Waals surface area contributed by atoms with Gasteiger partial charge in [-0.3, -0.25) is 0 Å². The Morgan fingerprint density at radius 1 is 1.15 bits per heavy atom. The summed E-state index contributed by atoms with van der Waals surface area (Å²) >= 11 is 0. The SMILES string of the molecule is C=Cc1cc(C(/C=C\C)=C/C(=C)/C=C/c2ccccc2C)[nH]c1CCCC. The molecule has 0 aliphatic rings. The highest BCUT2D eigenvalue weighted by molar-refractivity contribution is 5.77. The number of unbranched alkanes of at least 4 members (excludes halogenated alkanes) is 1. The van der Waals surface area contributed by atoms with Gasteiger partial charge < -0.3 is 4.98 Å². The van der Waals surface area contributed by atoms with E-state index in [1.807, 2.05) is 13.0 Å². The fraction of sp³-hybridized carbons (Fsp3) is 0.231. The van der Waals surface area contributed by atoms with Gasteiger partial charge in [0.2, 0.25) is 0 Å². The first-order chi connectivity index (χ1) is 13.1. The number of aromatic amines is 1. The Hall–Kier alpha value is -2.80. The molecule has 0 aliphatic carbocycles. The van der Waals surface area contributed by atoms with E-state index in [0.717, 1.165) is 23.3 Å². The Balaban J connectivity index is 2.28. The third kappa shape index (κ3) is 5.86. The number of H-pyrrole nitrogens is 1. The lowest BCUT2D eigenvalue weighted by Gasteiger charge is -2.02. The van der Waals surface area contributed by atoms with Crippen LogP contribution in [-0.2, 0) is 6.42 Å². The van der Waals surface area contributed by atoms with Gasteiger partial charge in [0.25, 0.3) is 0 Å². The van der Waals surface area contributed by atoms with Crippen molar-refractivity contribution in [2.45, 2.75) is 40.0 Å². The summed E-state index contributed by atoms with van der Waals surface area (Å²) in [5.41, 5.74) is 8.14. The van der Waals surface area contributed by atoms with Crippen molar-refractivity contribution in [1.29, 1.82) is 0 Å². The molecule has 1 aromatic heterocycles. The van der Waals surface area contributed by atoms with Gasteiger partial charge in [0, 0.05) is 11.4 Å². The molecule has 2 aromatic rings. The molecule has 1 nitrogen and oxygen atoms in total. The first kappa shape index (κ1) is 20.5. The Morgan fingerprint density at radius 3 is 2.59 bits per heavy atom. The molecular weight excluding hydrogens is 326 g/mol. The van der Waals surface area contributed by atoms with Gasteiger partial charge in [0.05, 0.1) is 0 Å². The molecule has 0 unspecified atom stereocenters. The molecule has 0 radical (unpaired) electrons. The summed E-state index contributed by atoms with van der Waals surface area (Å²) < 4.78 is 0. The molecule has 0 aliphatic heterocycles. The Bertz CT molecular complexity index is 871. The van der Waals surface area contributed by atoms with Crippen LogP contribution in [0.2, 0.25) is 0 Å². The Morgan fingerprint density at radius 2 is 1.93 bits per heavy atom. The van der Waals surface area contributed by atoms with Crippen molar-refractivity contribution in [3.8, 4) is 0 Å². The lowest BCUT2D eigenvalue weighted by molar-refractivity contribution is 0.779. The smallest absolute Gasteiger partial charge is 0.0462 e.